The quantitative estimate of drug-likeness (QED) is 0.482. The SMILES string of the molecule is CCN(CC#N)S(=O)(=O)C(C)C(=O)OC. The highest BCUT2D eigenvalue weighted by molar-refractivity contribution is 7.90. The van der Waals surface area contributed by atoms with Crippen molar-refractivity contribution >= 4 is 16.0 Å². The number of nitriles is 1. The Balaban J connectivity index is 4.96. The Hall–Kier alpha value is -1.13. The molecular formula is C8H14N2O4S. The summed E-state index contributed by atoms with van der Waals surface area (Å²) in [6, 6.07) is 1.73. The number of ether oxygens (including phenoxy) is 1. The van der Waals surface area contributed by atoms with E-state index in [2.05, 4.69) is 4.74 Å². The van der Waals surface area contributed by atoms with Gasteiger partial charge in [-0.15, -0.1) is 0 Å². The lowest BCUT2D eigenvalue weighted by Gasteiger charge is -2.20. The van der Waals surface area contributed by atoms with Gasteiger partial charge in [0.2, 0.25) is 10.0 Å². The summed E-state index contributed by atoms with van der Waals surface area (Å²) in [5.74, 6) is -0.827. The Morgan fingerprint density at radius 1 is 1.60 bits per heavy atom. The molecule has 0 heterocycles. The standard InChI is InChI=1S/C8H14N2O4S/c1-4-10(6-5-9)15(12,13)7(2)8(11)14-3/h7H,4,6H2,1-3H3. The van der Waals surface area contributed by atoms with Crippen molar-refractivity contribution in [2.75, 3.05) is 20.2 Å². The molecule has 0 aliphatic heterocycles. The molecule has 0 amide bonds. The van der Waals surface area contributed by atoms with Crippen LogP contribution in [0.5, 0.6) is 0 Å². The maximum Gasteiger partial charge on any atom is 0.325 e. The lowest BCUT2D eigenvalue weighted by atomic mass is 10.5. The van der Waals surface area contributed by atoms with Crippen LogP contribution in [0.1, 0.15) is 13.8 Å². The Labute approximate surface area is 89.5 Å². The van der Waals surface area contributed by atoms with Gasteiger partial charge in [-0.1, -0.05) is 6.92 Å². The molecule has 6 nitrogen and oxygen atoms in total. The van der Waals surface area contributed by atoms with Crippen molar-refractivity contribution in [2.24, 2.45) is 0 Å². The largest absolute Gasteiger partial charge is 0.468 e. The molecule has 15 heavy (non-hydrogen) atoms. The van der Waals surface area contributed by atoms with Crippen molar-refractivity contribution < 1.29 is 17.9 Å². The summed E-state index contributed by atoms with van der Waals surface area (Å²) >= 11 is 0. The van der Waals surface area contributed by atoms with E-state index in [4.69, 9.17) is 5.26 Å². The van der Waals surface area contributed by atoms with E-state index in [0.29, 0.717) is 0 Å². The highest BCUT2D eigenvalue weighted by Gasteiger charge is 2.33. The summed E-state index contributed by atoms with van der Waals surface area (Å²) in [6.07, 6.45) is 0. The van der Waals surface area contributed by atoms with Crippen molar-refractivity contribution in [3.8, 4) is 6.07 Å². The number of carbonyl (C=O) groups excluding carboxylic acids is 1. The van der Waals surface area contributed by atoms with Gasteiger partial charge in [0.25, 0.3) is 0 Å². The maximum absolute atomic E-state index is 11.7. The van der Waals surface area contributed by atoms with Gasteiger partial charge < -0.3 is 4.74 Å². The molecule has 0 fully saturated rings. The molecule has 0 bridgehead atoms. The van der Waals surface area contributed by atoms with Crippen LogP contribution in [-0.2, 0) is 19.6 Å². The molecule has 0 saturated heterocycles. The second-order valence-electron chi connectivity index (χ2n) is 2.79. The van der Waals surface area contributed by atoms with Gasteiger partial charge in [0.05, 0.1) is 13.2 Å². The normalized spacial score (nSPS) is 13.3. The molecule has 7 heteroatoms. The summed E-state index contributed by atoms with van der Waals surface area (Å²) in [7, 11) is -2.67. The van der Waals surface area contributed by atoms with Gasteiger partial charge in [-0.3, -0.25) is 4.79 Å². The van der Waals surface area contributed by atoms with E-state index >= 15 is 0 Å². The van der Waals surface area contributed by atoms with Crippen molar-refractivity contribution in [1.29, 1.82) is 5.26 Å². The van der Waals surface area contributed by atoms with Gasteiger partial charge in [0, 0.05) is 6.54 Å². The van der Waals surface area contributed by atoms with E-state index < -0.39 is 21.2 Å². The van der Waals surface area contributed by atoms with Gasteiger partial charge in [0.1, 0.15) is 6.54 Å². The molecule has 0 saturated carbocycles. The summed E-state index contributed by atoms with van der Waals surface area (Å²) in [5, 5.41) is 7.15. The number of hydrogen-bond donors (Lipinski definition) is 0. The summed E-state index contributed by atoms with van der Waals surface area (Å²) < 4.78 is 28.7. The first kappa shape index (κ1) is 13.9. The Bertz CT molecular complexity index is 357. The smallest absolute Gasteiger partial charge is 0.325 e. The summed E-state index contributed by atoms with van der Waals surface area (Å²) in [4.78, 5) is 11.1. The molecule has 0 aliphatic rings. The highest BCUT2D eigenvalue weighted by atomic mass is 32.2. The molecular weight excluding hydrogens is 220 g/mol. The van der Waals surface area contributed by atoms with Gasteiger partial charge in [-0.05, 0) is 6.92 Å². The molecule has 0 aromatic rings. The fourth-order valence-electron chi connectivity index (χ4n) is 0.972. The third kappa shape index (κ3) is 3.18. The number of rotatable bonds is 5. The average molecular weight is 234 g/mol. The third-order valence-electron chi connectivity index (χ3n) is 1.94. The van der Waals surface area contributed by atoms with E-state index in [-0.39, 0.29) is 13.1 Å². The van der Waals surface area contributed by atoms with Crippen LogP contribution in [0.4, 0.5) is 0 Å². The second-order valence-corrected chi connectivity index (χ2v) is 5.05. The van der Waals surface area contributed by atoms with E-state index in [1.165, 1.54) is 6.92 Å². The molecule has 0 aromatic carbocycles. The third-order valence-corrected chi connectivity index (χ3v) is 4.13. The predicted molar refractivity (Wildman–Crippen MR) is 53.3 cm³/mol. The van der Waals surface area contributed by atoms with Gasteiger partial charge in [-0.25, -0.2) is 8.42 Å². The minimum Gasteiger partial charge on any atom is -0.468 e. The van der Waals surface area contributed by atoms with Crippen LogP contribution in [0.2, 0.25) is 0 Å². The predicted octanol–water partition coefficient (Wildman–Crippen LogP) is -0.277. The second kappa shape index (κ2) is 5.68. The number of hydrogen-bond acceptors (Lipinski definition) is 5. The van der Waals surface area contributed by atoms with Crippen LogP contribution < -0.4 is 0 Å². The number of esters is 1. The van der Waals surface area contributed by atoms with Crippen molar-refractivity contribution in [3.05, 3.63) is 0 Å². The molecule has 86 valence electrons. The zero-order chi connectivity index (χ0) is 12.1. The number of carbonyl (C=O) groups is 1. The van der Waals surface area contributed by atoms with Crippen molar-refractivity contribution in [3.63, 3.8) is 0 Å². The molecule has 0 spiro atoms. The monoisotopic (exact) mass is 234 g/mol. The average Bonchev–Trinajstić information content (AvgIpc) is 2.23. The van der Waals surface area contributed by atoms with Gasteiger partial charge in [-0.2, -0.15) is 9.57 Å². The van der Waals surface area contributed by atoms with Crippen LogP contribution in [-0.4, -0.2) is 44.1 Å². The lowest BCUT2D eigenvalue weighted by Crippen LogP contribution is -2.41. The Kier molecular flexibility index (Phi) is 5.25. The van der Waals surface area contributed by atoms with Crippen LogP contribution in [0.15, 0.2) is 0 Å². The molecule has 0 aliphatic carbocycles. The van der Waals surface area contributed by atoms with Crippen LogP contribution in [0.3, 0.4) is 0 Å². The first-order valence-electron chi connectivity index (χ1n) is 4.35. The minimum atomic E-state index is -3.79. The summed E-state index contributed by atoms with van der Waals surface area (Å²) in [5.41, 5.74) is 0. The zero-order valence-corrected chi connectivity index (χ0v) is 9.74. The fraction of sp³-hybridized carbons (Fsp3) is 0.750. The molecule has 0 N–H and O–H groups in total. The van der Waals surface area contributed by atoms with Gasteiger partial charge in [0.15, 0.2) is 5.25 Å². The van der Waals surface area contributed by atoms with Crippen LogP contribution in [0.25, 0.3) is 0 Å². The molecule has 0 rings (SSSR count). The van der Waals surface area contributed by atoms with E-state index in [1.807, 2.05) is 0 Å². The lowest BCUT2D eigenvalue weighted by molar-refractivity contribution is -0.139. The number of sulfonamides is 1. The van der Waals surface area contributed by atoms with Crippen molar-refractivity contribution in [2.45, 2.75) is 19.1 Å². The summed E-state index contributed by atoms with van der Waals surface area (Å²) in [6.45, 7) is 2.72. The number of nitrogens with zero attached hydrogens (tertiary/aromatic N) is 2. The molecule has 0 radical (unpaired) electrons. The van der Waals surface area contributed by atoms with Crippen LogP contribution >= 0.6 is 0 Å². The van der Waals surface area contributed by atoms with Crippen molar-refractivity contribution in [1.82, 2.24) is 4.31 Å². The fourth-order valence-corrected chi connectivity index (χ4v) is 2.36. The van der Waals surface area contributed by atoms with E-state index in [1.54, 1.807) is 13.0 Å². The Morgan fingerprint density at radius 2 is 2.13 bits per heavy atom. The maximum atomic E-state index is 11.7. The molecule has 1 unspecified atom stereocenters. The first-order chi connectivity index (χ1) is 6.91. The number of methoxy groups -OCH3 is 1. The first-order valence-corrected chi connectivity index (χ1v) is 5.85. The Morgan fingerprint density at radius 3 is 2.47 bits per heavy atom. The highest BCUT2D eigenvalue weighted by Crippen LogP contribution is 2.09. The van der Waals surface area contributed by atoms with Gasteiger partial charge >= 0.3 is 5.97 Å². The zero-order valence-electron chi connectivity index (χ0n) is 8.93. The molecule has 0 aromatic heterocycles. The van der Waals surface area contributed by atoms with Crippen LogP contribution in [0, 0.1) is 11.3 Å². The van der Waals surface area contributed by atoms with E-state index in [0.717, 1.165) is 11.4 Å². The topological polar surface area (TPSA) is 87.5 Å². The van der Waals surface area contributed by atoms with E-state index in [9.17, 15) is 13.2 Å². The molecule has 1 atom stereocenters. The minimum absolute atomic E-state index is 0.150.